The molecule has 1 saturated carbocycles. The van der Waals surface area contributed by atoms with E-state index in [1.165, 1.54) is 22.1 Å². The minimum atomic E-state index is -3.62. The van der Waals surface area contributed by atoms with Crippen molar-refractivity contribution in [1.29, 1.82) is 0 Å². The Morgan fingerprint density at radius 2 is 1.91 bits per heavy atom. The third-order valence-electron chi connectivity index (χ3n) is 6.80. The Labute approximate surface area is 215 Å². The molecule has 2 amide bonds. The number of carbonyl (C=O) groups excluding carboxylic acids is 2. The van der Waals surface area contributed by atoms with Crippen molar-refractivity contribution in [2.45, 2.75) is 51.0 Å². The fourth-order valence-corrected chi connectivity index (χ4v) is 6.92. The molecule has 11 heteroatoms. The summed E-state index contributed by atoms with van der Waals surface area (Å²) < 4.78 is 27.2. The third-order valence-corrected chi connectivity index (χ3v) is 9.56. The van der Waals surface area contributed by atoms with Gasteiger partial charge in [0, 0.05) is 29.7 Å². The Bertz CT molecular complexity index is 1100. The van der Waals surface area contributed by atoms with Gasteiger partial charge in [-0.2, -0.15) is 4.31 Å². The molecule has 1 atom stereocenters. The number of carbonyl (C=O) groups is 2. The molecule has 4 rings (SSSR count). The van der Waals surface area contributed by atoms with Crippen LogP contribution < -0.4 is 5.32 Å². The van der Waals surface area contributed by atoms with E-state index in [0.717, 1.165) is 31.2 Å². The van der Waals surface area contributed by atoms with E-state index in [9.17, 15) is 18.0 Å². The number of anilines is 1. The van der Waals surface area contributed by atoms with Crippen LogP contribution in [0.2, 0.25) is 5.02 Å². The summed E-state index contributed by atoms with van der Waals surface area (Å²) in [6.45, 7) is 0.136. The van der Waals surface area contributed by atoms with Gasteiger partial charge in [-0.1, -0.05) is 55.8 Å². The topological polar surface area (TPSA) is 99.7 Å². The number of nitrogens with zero attached hydrogens (tertiary/aromatic N) is 3. The minimum Gasteiger partial charge on any atom is -0.328 e. The van der Waals surface area contributed by atoms with Crippen molar-refractivity contribution in [3.63, 3.8) is 0 Å². The highest BCUT2D eigenvalue weighted by molar-refractivity contribution is 7.89. The Morgan fingerprint density at radius 3 is 2.57 bits per heavy atom. The van der Waals surface area contributed by atoms with Gasteiger partial charge >= 0.3 is 0 Å². The van der Waals surface area contributed by atoms with Crippen molar-refractivity contribution in [1.82, 2.24) is 14.2 Å². The number of rotatable bonds is 9. The maximum Gasteiger partial charge on any atom is 0.248 e. The second kappa shape index (κ2) is 11.8. The fraction of sp³-hybridized carbons (Fsp3) is 0.542. The van der Waals surface area contributed by atoms with Gasteiger partial charge in [0.1, 0.15) is 6.04 Å². The number of sulfonamides is 1. The Hall–Kier alpha value is -2.01. The molecule has 1 saturated heterocycles. The van der Waals surface area contributed by atoms with Crippen molar-refractivity contribution in [3.8, 4) is 0 Å². The number of piperazine rings is 1. The zero-order valence-corrected chi connectivity index (χ0v) is 22.0. The Morgan fingerprint density at radius 1 is 1.17 bits per heavy atom. The molecule has 8 nitrogen and oxygen atoms in total. The first-order valence-corrected chi connectivity index (χ1v) is 14.9. The summed E-state index contributed by atoms with van der Waals surface area (Å²) in [7, 11) is -3.62. The summed E-state index contributed by atoms with van der Waals surface area (Å²) in [5, 5.41) is 5.73. The molecule has 1 aromatic heterocycles. The number of halogens is 1. The van der Waals surface area contributed by atoms with Crippen LogP contribution >= 0.6 is 22.9 Å². The molecule has 0 radical (unpaired) electrons. The van der Waals surface area contributed by atoms with Gasteiger partial charge in [-0.25, -0.2) is 13.4 Å². The van der Waals surface area contributed by atoms with Gasteiger partial charge in [-0.3, -0.25) is 9.59 Å². The van der Waals surface area contributed by atoms with Crippen molar-refractivity contribution < 1.29 is 18.0 Å². The first-order valence-electron chi connectivity index (χ1n) is 12.0. The van der Waals surface area contributed by atoms with E-state index in [4.69, 9.17) is 11.6 Å². The molecule has 2 aliphatic rings. The lowest BCUT2D eigenvalue weighted by atomic mass is 9.84. The molecule has 0 unspecified atom stereocenters. The predicted molar refractivity (Wildman–Crippen MR) is 138 cm³/mol. The summed E-state index contributed by atoms with van der Waals surface area (Å²) in [5.41, 5.74) is 0.870. The molecular weight excluding hydrogens is 508 g/mol. The van der Waals surface area contributed by atoms with E-state index in [0.29, 0.717) is 28.9 Å². The average Bonchev–Trinajstić information content (AvgIpc) is 3.36. The number of aromatic nitrogens is 1. The van der Waals surface area contributed by atoms with Crippen molar-refractivity contribution >= 4 is 49.9 Å². The number of hydrogen-bond acceptors (Lipinski definition) is 6. The molecule has 1 aliphatic carbocycles. The smallest absolute Gasteiger partial charge is 0.248 e. The van der Waals surface area contributed by atoms with E-state index in [1.807, 2.05) is 0 Å². The van der Waals surface area contributed by atoms with Crippen LogP contribution in [0.3, 0.4) is 0 Å². The molecule has 2 fully saturated rings. The highest BCUT2D eigenvalue weighted by Gasteiger charge is 2.38. The van der Waals surface area contributed by atoms with Crippen molar-refractivity contribution in [2.75, 3.05) is 30.7 Å². The summed E-state index contributed by atoms with van der Waals surface area (Å²) in [4.78, 5) is 32.1. The summed E-state index contributed by atoms with van der Waals surface area (Å²) >= 11 is 7.23. The molecular formula is C24H31ClN4O4S2. The monoisotopic (exact) mass is 538 g/mol. The lowest BCUT2D eigenvalue weighted by Gasteiger charge is -2.39. The van der Waals surface area contributed by atoms with Crippen LogP contribution in [0.4, 0.5) is 5.13 Å². The minimum absolute atomic E-state index is 0.0854. The quantitative estimate of drug-likeness (QED) is 0.523. The van der Waals surface area contributed by atoms with Gasteiger partial charge < -0.3 is 10.2 Å². The standard InChI is InChI=1S/C24H31ClN4O4S2/c25-20-8-6-18(7-9-20)10-15-35(32,33)28-12-13-29(22(30)17-28)21(16-19-4-2-1-3-5-19)23(31)27-24-26-11-14-34-24/h6-9,11,14,19,21H,1-5,10,12-13,15-17H2,(H,26,27,31)/t21-/m0/s1. The third kappa shape index (κ3) is 7.03. The second-order valence-corrected chi connectivity index (χ2v) is 12.6. The Balaban J connectivity index is 1.41. The summed E-state index contributed by atoms with van der Waals surface area (Å²) in [6.07, 6.45) is 8.13. The van der Waals surface area contributed by atoms with Gasteiger partial charge in [0.15, 0.2) is 5.13 Å². The SMILES string of the molecule is O=C(Nc1nccs1)[C@H](CC1CCCCC1)N1CCN(S(=O)(=O)CCc2ccc(Cl)cc2)CC1=O. The zero-order chi connectivity index (χ0) is 24.8. The van der Waals surface area contributed by atoms with E-state index in [-0.39, 0.29) is 37.2 Å². The molecule has 1 aromatic carbocycles. The number of aryl methyl sites for hydroxylation is 1. The second-order valence-electron chi connectivity index (χ2n) is 9.20. The highest BCUT2D eigenvalue weighted by Crippen LogP contribution is 2.30. The van der Waals surface area contributed by atoms with Crippen LogP contribution in [0.1, 0.15) is 44.1 Å². The Kier molecular flexibility index (Phi) is 8.80. The molecule has 2 heterocycles. The van der Waals surface area contributed by atoms with Crippen molar-refractivity contribution in [3.05, 3.63) is 46.4 Å². The fourth-order valence-electron chi connectivity index (χ4n) is 4.85. The lowest BCUT2D eigenvalue weighted by Crippen LogP contribution is -2.58. The van der Waals surface area contributed by atoms with Crippen LogP contribution in [0.5, 0.6) is 0 Å². The largest absolute Gasteiger partial charge is 0.328 e. The number of benzene rings is 1. The van der Waals surface area contributed by atoms with Gasteiger partial charge in [-0.05, 0) is 36.5 Å². The first kappa shape index (κ1) is 26.1. The lowest BCUT2D eigenvalue weighted by molar-refractivity contribution is -0.142. The van der Waals surface area contributed by atoms with E-state index in [1.54, 1.807) is 40.7 Å². The number of nitrogens with one attached hydrogen (secondary N) is 1. The van der Waals surface area contributed by atoms with Crippen LogP contribution in [0, 0.1) is 5.92 Å². The predicted octanol–water partition coefficient (Wildman–Crippen LogP) is 3.79. The van der Waals surface area contributed by atoms with Crippen LogP contribution in [-0.4, -0.2) is 65.9 Å². The van der Waals surface area contributed by atoms with Crippen LogP contribution in [-0.2, 0) is 26.0 Å². The molecule has 2 aromatic rings. The molecule has 1 N–H and O–H groups in total. The summed E-state index contributed by atoms with van der Waals surface area (Å²) in [6, 6.07) is 6.44. The van der Waals surface area contributed by atoms with Gasteiger partial charge in [0.2, 0.25) is 21.8 Å². The maximum absolute atomic E-state index is 13.2. The molecule has 0 bridgehead atoms. The van der Waals surface area contributed by atoms with Crippen molar-refractivity contribution in [2.24, 2.45) is 5.92 Å². The number of thiazole rings is 1. The van der Waals surface area contributed by atoms with E-state index >= 15 is 0 Å². The highest BCUT2D eigenvalue weighted by atomic mass is 35.5. The van der Waals surface area contributed by atoms with Gasteiger partial charge in [-0.15, -0.1) is 11.3 Å². The number of amides is 2. The average molecular weight is 539 g/mol. The zero-order valence-electron chi connectivity index (χ0n) is 19.6. The van der Waals surface area contributed by atoms with Gasteiger partial charge in [0.25, 0.3) is 0 Å². The summed E-state index contributed by atoms with van der Waals surface area (Å²) in [5.74, 6) is -0.290. The van der Waals surface area contributed by atoms with E-state index in [2.05, 4.69) is 10.3 Å². The number of hydrogen-bond donors (Lipinski definition) is 1. The van der Waals surface area contributed by atoms with Gasteiger partial charge in [0.05, 0.1) is 12.3 Å². The molecule has 0 spiro atoms. The molecule has 35 heavy (non-hydrogen) atoms. The van der Waals surface area contributed by atoms with Crippen LogP contribution in [0.15, 0.2) is 35.8 Å². The molecule has 190 valence electrons. The van der Waals surface area contributed by atoms with Crippen LogP contribution in [0.25, 0.3) is 0 Å². The normalized spacial score (nSPS) is 19.0. The maximum atomic E-state index is 13.2. The van der Waals surface area contributed by atoms with E-state index < -0.39 is 16.1 Å². The molecule has 1 aliphatic heterocycles. The first-order chi connectivity index (χ1) is 16.8.